The number of carbonyl (C=O) groups is 1. The molecule has 2 rings (SSSR count). The van der Waals surface area contributed by atoms with Gasteiger partial charge >= 0.3 is 5.97 Å². The number of carboxylic acid groups (broad SMARTS) is 1. The van der Waals surface area contributed by atoms with E-state index in [2.05, 4.69) is 5.32 Å². The number of furan rings is 1. The predicted octanol–water partition coefficient (Wildman–Crippen LogP) is 2.67. The van der Waals surface area contributed by atoms with Gasteiger partial charge in [-0.05, 0) is 30.7 Å². The van der Waals surface area contributed by atoms with Gasteiger partial charge in [-0.3, -0.25) is 0 Å². The SMILES string of the molecule is CCOc1cccc(CNCc2occc2C(=O)O)c1. The van der Waals surface area contributed by atoms with Gasteiger partial charge < -0.3 is 19.6 Å². The first-order valence-corrected chi connectivity index (χ1v) is 6.43. The summed E-state index contributed by atoms with van der Waals surface area (Å²) in [7, 11) is 0. The van der Waals surface area contributed by atoms with E-state index in [0.29, 0.717) is 25.5 Å². The Morgan fingerprint density at radius 3 is 2.95 bits per heavy atom. The van der Waals surface area contributed by atoms with E-state index in [0.717, 1.165) is 11.3 Å². The van der Waals surface area contributed by atoms with E-state index in [1.165, 1.54) is 12.3 Å². The standard InChI is InChI=1S/C15H17NO4/c1-2-19-12-5-3-4-11(8-12)9-16-10-14-13(15(17)18)6-7-20-14/h3-8,16H,2,9-10H2,1H3,(H,17,18). The second-order valence-corrected chi connectivity index (χ2v) is 4.25. The third-order valence-corrected chi connectivity index (χ3v) is 2.80. The van der Waals surface area contributed by atoms with Crippen molar-refractivity contribution >= 4 is 5.97 Å². The minimum absolute atomic E-state index is 0.195. The van der Waals surface area contributed by atoms with Crippen LogP contribution in [0.3, 0.4) is 0 Å². The van der Waals surface area contributed by atoms with Crippen LogP contribution in [0.5, 0.6) is 5.75 Å². The molecule has 0 radical (unpaired) electrons. The van der Waals surface area contributed by atoms with Crippen molar-refractivity contribution in [3.63, 3.8) is 0 Å². The van der Waals surface area contributed by atoms with Gasteiger partial charge in [-0.25, -0.2) is 4.79 Å². The Morgan fingerprint density at radius 2 is 2.20 bits per heavy atom. The monoisotopic (exact) mass is 275 g/mol. The molecule has 106 valence electrons. The van der Waals surface area contributed by atoms with Crippen molar-refractivity contribution in [1.29, 1.82) is 0 Å². The highest BCUT2D eigenvalue weighted by molar-refractivity contribution is 5.88. The number of benzene rings is 1. The maximum Gasteiger partial charge on any atom is 0.339 e. The van der Waals surface area contributed by atoms with Crippen molar-refractivity contribution in [1.82, 2.24) is 5.32 Å². The molecular formula is C15H17NO4. The first kappa shape index (κ1) is 14.1. The van der Waals surface area contributed by atoms with Gasteiger partial charge in [-0.1, -0.05) is 12.1 Å². The highest BCUT2D eigenvalue weighted by atomic mass is 16.5. The molecule has 0 atom stereocenters. The lowest BCUT2D eigenvalue weighted by molar-refractivity contribution is 0.0694. The summed E-state index contributed by atoms with van der Waals surface area (Å²) in [4.78, 5) is 10.9. The summed E-state index contributed by atoms with van der Waals surface area (Å²) in [6.07, 6.45) is 1.39. The van der Waals surface area contributed by atoms with Crippen LogP contribution in [0.4, 0.5) is 0 Å². The zero-order valence-electron chi connectivity index (χ0n) is 11.3. The summed E-state index contributed by atoms with van der Waals surface area (Å²) >= 11 is 0. The van der Waals surface area contributed by atoms with E-state index in [4.69, 9.17) is 14.3 Å². The Hall–Kier alpha value is -2.27. The Labute approximate surface area is 117 Å². The van der Waals surface area contributed by atoms with E-state index >= 15 is 0 Å². The molecule has 5 nitrogen and oxygen atoms in total. The Morgan fingerprint density at radius 1 is 1.35 bits per heavy atom. The highest BCUT2D eigenvalue weighted by Gasteiger charge is 2.12. The van der Waals surface area contributed by atoms with Crippen LogP contribution in [0.15, 0.2) is 41.0 Å². The molecule has 0 amide bonds. The van der Waals surface area contributed by atoms with Crippen LogP contribution in [0.2, 0.25) is 0 Å². The number of hydrogen-bond donors (Lipinski definition) is 2. The van der Waals surface area contributed by atoms with Gasteiger partial charge in [0.25, 0.3) is 0 Å². The predicted molar refractivity (Wildman–Crippen MR) is 73.8 cm³/mol. The molecule has 1 aromatic carbocycles. The molecule has 0 aliphatic heterocycles. The fourth-order valence-electron chi connectivity index (χ4n) is 1.90. The summed E-state index contributed by atoms with van der Waals surface area (Å²) in [5.41, 5.74) is 1.26. The van der Waals surface area contributed by atoms with E-state index < -0.39 is 5.97 Å². The average Bonchev–Trinajstić information content (AvgIpc) is 2.88. The topological polar surface area (TPSA) is 71.7 Å². The summed E-state index contributed by atoms with van der Waals surface area (Å²) in [6, 6.07) is 9.22. The number of ether oxygens (including phenoxy) is 1. The molecule has 0 saturated carbocycles. The van der Waals surface area contributed by atoms with Gasteiger partial charge in [0, 0.05) is 6.54 Å². The van der Waals surface area contributed by atoms with Gasteiger partial charge in [0.1, 0.15) is 17.1 Å². The molecule has 0 fully saturated rings. The third-order valence-electron chi connectivity index (χ3n) is 2.80. The third kappa shape index (κ3) is 3.61. The number of aromatic carboxylic acids is 1. The molecule has 2 N–H and O–H groups in total. The van der Waals surface area contributed by atoms with Crippen molar-refractivity contribution in [2.75, 3.05) is 6.61 Å². The number of hydrogen-bond acceptors (Lipinski definition) is 4. The summed E-state index contributed by atoms with van der Waals surface area (Å²) in [5.74, 6) is 0.281. The maximum atomic E-state index is 10.9. The molecule has 0 bridgehead atoms. The molecule has 20 heavy (non-hydrogen) atoms. The molecule has 0 unspecified atom stereocenters. The van der Waals surface area contributed by atoms with Crippen molar-refractivity contribution in [3.8, 4) is 5.75 Å². The number of carboxylic acids is 1. The molecule has 1 aromatic heterocycles. The van der Waals surface area contributed by atoms with E-state index in [1.807, 2.05) is 31.2 Å². The Kier molecular flexibility index (Phi) is 4.79. The molecule has 0 spiro atoms. The van der Waals surface area contributed by atoms with Crippen LogP contribution in [0, 0.1) is 0 Å². The first-order chi connectivity index (χ1) is 9.70. The Bertz CT molecular complexity index is 577. The van der Waals surface area contributed by atoms with Crippen LogP contribution < -0.4 is 10.1 Å². The molecule has 1 heterocycles. The van der Waals surface area contributed by atoms with E-state index in [-0.39, 0.29) is 5.56 Å². The smallest absolute Gasteiger partial charge is 0.339 e. The van der Waals surface area contributed by atoms with Crippen molar-refractivity contribution in [3.05, 3.63) is 53.5 Å². The normalized spacial score (nSPS) is 10.4. The van der Waals surface area contributed by atoms with E-state index in [1.54, 1.807) is 0 Å². The lowest BCUT2D eigenvalue weighted by atomic mass is 10.2. The number of rotatable bonds is 7. The van der Waals surface area contributed by atoms with Gasteiger partial charge in [-0.2, -0.15) is 0 Å². The molecule has 0 aliphatic rings. The largest absolute Gasteiger partial charge is 0.494 e. The average molecular weight is 275 g/mol. The van der Waals surface area contributed by atoms with Crippen molar-refractivity contribution < 1.29 is 19.1 Å². The minimum atomic E-state index is -0.978. The zero-order chi connectivity index (χ0) is 14.4. The zero-order valence-corrected chi connectivity index (χ0v) is 11.3. The van der Waals surface area contributed by atoms with Gasteiger partial charge in [0.2, 0.25) is 0 Å². The van der Waals surface area contributed by atoms with Crippen LogP contribution in [0.25, 0.3) is 0 Å². The molecule has 5 heteroatoms. The van der Waals surface area contributed by atoms with Crippen molar-refractivity contribution in [2.24, 2.45) is 0 Å². The lowest BCUT2D eigenvalue weighted by Gasteiger charge is -2.07. The molecule has 2 aromatic rings. The van der Waals surface area contributed by atoms with Gasteiger partial charge in [0.05, 0.1) is 19.4 Å². The molecular weight excluding hydrogens is 258 g/mol. The van der Waals surface area contributed by atoms with Gasteiger partial charge in [0.15, 0.2) is 0 Å². The van der Waals surface area contributed by atoms with E-state index in [9.17, 15) is 4.79 Å². The quantitative estimate of drug-likeness (QED) is 0.812. The molecule has 0 aliphatic carbocycles. The highest BCUT2D eigenvalue weighted by Crippen LogP contribution is 2.14. The summed E-state index contributed by atoms with van der Waals surface area (Å²) in [5, 5.41) is 12.1. The van der Waals surface area contributed by atoms with Crippen LogP contribution in [0.1, 0.15) is 28.6 Å². The van der Waals surface area contributed by atoms with Crippen LogP contribution in [-0.2, 0) is 13.1 Å². The van der Waals surface area contributed by atoms with Crippen molar-refractivity contribution in [2.45, 2.75) is 20.0 Å². The second kappa shape index (κ2) is 6.77. The maximum absolute atomic E-state index is 10.9. The fourth-order valence-corrected chi connectivity index (χ4v) is 1.90. The Balaban J connectivity index is 1.91. The van der Waals surface area contributed by atoms with Crippen LogP contribution in [-0.4, -0.2) is 17.7 Å². The second-order valence-electron chi connectivity index (χ2n) is 4.25. The van der Waals surface area contributed by atoms with Gasteiger partial charge in [-0.15, -0.1) is 0 Å². The minimum Gasteiger partial charge on any atom is -0.494 e. The fraction of sp³-hybridized carbons (Fsp3) is 0.267. The first-order valence-electron chi connectivity index (χ1n) is 6.43. The molecule has 0 saturated heterocycles. The number of nitrogens with one attached hydrogen (secondary N) is 1. The summed E-state index contributed by atoms with van der Waals surface area (Å²) in [6.45, 7) is 3.55. The lowest BCUT2D eigenvalue weighted by Crippen LogP contribution is -2.14. The summed E-state index contributed by atoms with van der Waals surface area (Å²) < 4.78 is 10.6. The van der Waals surface area contributed by atoms with Crippen LogP contribution >= 0.6 is 0 Å².